The van der Waals surface area contributed by atoms with Crippen LogP contribution in [0.2, 0.25) is 0 Å². The molecule has 0 saturated heterocycles. The molecule has 1 atom stereocenters. The third-order valence-corrected chi connectivity index (χ3v) is 5.88. The number of hydrogen-bond donors (Lipinski definition) is 2. The van der Waals surface area contributed by atoms with Gasteiger partial charge in [-0.25, -0.2) is 13.1 Å². The van der Waals surface area contributed by atoms with Crippen LogP contribution in [0.4, 0.5) is 0 Å². The zero-order valence-electron chi connectivity index (χ0n) is 16.3. The van der Waals surface area contributed by atoms with E-state index in [1.807, 2.05) is 25.1 Å². The van der Waals surface area contributed by atoms with Gasteiger partial charge in [0.25, 0.3) is 5.91 Å². The van der Waals surface area contributed by atoms with Gasteiger partial charge in [-0.15, -0.1) is 0 Å². The number of rotatable bonds is 8. The number of carbonyl (C=O) groups is 1. The second-order valence-corrected chi connectivity index (χ2v) is 8.61. The zero-order chi connectivity index (χ0) is 20.7. The molecule has 28 heavy (non-hydrogen) atoms. The van der Waals surface area contributed by atoms with Crippen molar-refractivity contribution in [1.29, 1.82) is 5.26 Å². The van der Waals surface area contributed by atoms with E-state index in [4.69, 9.17) is 5.26 Å². The lowest BCUT2D eigenvalue weighted by molar-refractivity contribution is 0.0940. The molecule has 0 saturated carbocycles. The summed E-state index contributed by atoms with van der Waals surface area (Å²) in [4.78, 5) is 12.5. The molecule has 2 aromatic rings. The van der Waals surface area contributed by atoms with Gasteiger partial charge in [-0.2, -0.15) is 5.26 Å². The first-order chi connectivity index (χ1) is 13.2. The molecule has 6 nitrogen and oxygen atoms in total. The number of nitrogens with one attached hydrogen (secondary N) is 2. The van der Waals surface area contributed by atoms with E-state index < -0.39 is 10.0 Å². The van der Waals surface area contributed by atoms with Crippen LogP contribution in [0, 0.1) is 11.3 Å². The van der Waals surface area contributed by atoms with Gasteiger partial charge in [-0.3, -0.25) is 4.79 Å². The Morgan fingerprint density at radius 2 is 1.57 bits per heavy atom. The van der Waals surface area contributed by atoms with Crippen molar-refractivity contribution < 1.29 is 13.2 Å². The number of hydrogen-bond acceptors (Lipinski definition) is 4. The van der Waals surface area contributed by atoms with E-state index in [0.29, 0.717) is 11.5 Å². The lowest BCUT2D eigenvalue weighted by Gasteiger charge is -2.16. The summed E-state index contributed by atoms with van der Waals surface area (Å²) in [7, 11) is -3.69. The Hall–Kier alpha value is -2.69. The van der Waals surface area contributed by atoms with Crippen molar-refractivity contribution >= 4 is 15.9 Å². The molecule has 2 aromatic carbocycles. The van der Waals surface area contributed by atoms with E-state index in [9.17, 15) is 13.2 Å². The standard InChI is InChI=1S/C21H25N3O3S/c1-15(2)17-5-7-18(8-6-17)16(3)24-21(25)19-9-11-20(12-10-19)28(26,27)23-14-4-13-22/h5-12,15-16,23H,4,14H2,1-3H3,(H,24,25). The van der Waals surface area contributed by atoms with Crippen LogP contribution in [0.5, 0.6) is 0 Å². The summed E-state index contributed by atoms with van der Waals surface area (Å²) in [5.41, 5.74) is 2.61. The first kappa shape index (κ1) is 21.6. The Balaban J connectivity index is 2.03. The summed E-state index contributed by atoms with van der Waals surface area (Å²) in [6.45, 7) is 6.21. The van der Waals surface area contributed by atoms with Crippen LogP contribution < -0.4 is 10.0 Å². The Morgan fingerprint density at radius 1 is 1.00 bits per heavy atom. The molecule has 2 N–H and O–H groups in total. The lowest BCUT2D eigenvalue weighted by Crippen LogP contribution is -2.27. The maximum Gasteiger partial charge on any atom is 0.251 e. The number of carbonyl (C=O) groups excluding carboxylic acids is 1. The highest BCUT2D eigenvalue weighted by Crippen LogP contribution is 2.19. The number of nitriles is 1. The molecule has 2 rings (SSSR count). The molecule has 0 aromatic heterocycles. The smallest absolute Gasteiger partial charge is 0.251 e. The highest BCUT2D eigenvalue weighted by Gasteiger charge is 2.16. The minimum atomic E-state index is -3.69. The third-order valence-electron chi connectivity index (χ3n) is 4.41. The van der Waals surface area contributed by atoms with E-state index in [1.54, 1.807) is 0 Å². The highest BCUT2D eigenvalue weighted by molar-refractivity contribution is 7.89. The van der Waals surface area contributed by atoms with Crippen LogP contribution in [0.25, 0.3) is 0 Å². The SMILES string of the molecule is CC(C)c1ccc(C(C)NC(=O)c2ccc(S(=O)(=O)NCCC#N)cc2)cc1. The molecule has 148 valence electrons. The van der Waals surface area contributed by atoms with Gasteiger partial charge < -0.3 is 5.32 Å². The van der Waals surface area contributed by atoms with Crippen molar-refractivity contribution in [3.63, 3.8) is 0 Å². The Morgan fingerprint density at radius 3 is 2.11 bits per heavy atom. The third kappa shape index (κ3) is 5.65. The number of sulfonamides is 1. The Labute approximate surface area is 166 Å². The quantitative estimate of drug-likeness (QED) is 0.664. The van der Waals surface area contributed by atoms with Crippen molar-refractivity contribution in [3.8, 4) is 6.07 Å². The summed E-state index contributed by atoms with van der Waals surface area (Å²) in [6.07, 6.45) is 0.0930. The molecule has 0 fully saturated rings. The minimum absolute atomic E-state index is 0.0498. The Kier molecular flexibility index (Phi) is 7.32. The summed E-state index contributed by atoms with van der Waals surface area (Å²) < 4.78 is 26.6. The summed E-state index contributed by atoms with van der Waals surface area (Å²) in [5.74, 6) is 0.171. The molecule has 0 aliphatic carbocycles. The van der Waals surface area contributed by atoms with Crippen molar-refractivity contribution in [1.82, 2.24) is 10.0 Å². The molecule has 1 unspecified atom stereocenters. The molecular formula is C21H25N3O3S. The first-order valence-electron chi connectivity index (χ1n) is 9.12. The van der Waals surface area contributed by atoms with Crippen LogP contribution in [0.1, 0.15) is 60.6 Å². The van der Waals surface area contributed by atoms with E-state index in [2.05, 4.69) is 36.0 Å². The normalized spacial score (nSPS) is 12.4. The minimum Gasteiger partial charge on any atom is -0.346 e. The molecule has 1 amide bonds. The van der Waals surface area contributed by atoms with Gasteiger partial charge in [0.05, 0.1) is 17.0 Å². The average Bonchev–Trinajstić information content (AvgIpc) is 2.68. The Bertz CT molecular complexity index is 944. The zero-order valence-corrected chi connectivity index (χ0v) is 17.1. The van der Waals surface area contributed by atoms with Crippen LogP contribution in [0.3, 0.4) is 0 Å². The molecule has 0 radical (unpaired) electrons. The summed E-state index contributed by atoms with van der Waals surface area (Å²) >= 11 is 0. The maximum absolute atomic E-state index is 12.5. The van der Waals surface area contributed by atoms with Gasteiger partial charge in [-0.1, -0.05) is 38.1 Å². The van der Waals surface area contributed by atoms with Crippen LogP contribution in [0.15, 0.2) is 53.4 Å². The van der Waals surface area contributed by atoms with Gasteiger partial charge in [0, 0.05) is 18.5 Å². The monoisotopic (exact) mass is 399 g/mol. The summed E-state index contributed by atoms with van der Waals surface area (Å²) in [5, 5.41) is 11.4. The van der Waals surface area contributed by atoms with Gasteiger partial charge in [0.2, 0.25) is 10.0 Å². The van der Waals surface area contributed by atoms with E-state index in [1.165, 1.54) is 29.8 Å². The number of nitrogens with zero attached hydrogens (tertiary/aromatic N) is 1. The van der Waals surface area contributed by atoms with Crippen molar-refractivity contribution in [3.05, 3.63) is 65.2 Å². The van der Waals surface area contributed by atoms with Gasteiger partial charge in [0.1, 0.15) is 0 Å². The average molecular weight is 400 g/mol. The molecule has 0 spiro atoms. The van der Waals surface area contributed by atoms with Crippen molar-refractivity contribution in [2.24, 2.45) is 0 Å². The summed E-state index contributed by atoms with van der Waals surface area (Å²) in [6, 6.07) is 15.5. The predicted octanol–water partition coefficient (Wildman–Crippen LogP) is 3.49. The van der Waals surface area contributed by atoms with E-state index in [0.717, 1.165) is 5.56 Å². The molecule has 0 aliphatic heterocycles. The molecule has 0 heterocycles. The fraction of sp³-hybridized carbons (Fsp3) is 0.333. The van der Waals surface area contributed by atoms with Crippen molar-refractivity contribution in [2.75, 3.05) is 6.54 Å². The molecule has 7 heteroatoms. The fourth-order valence-electron chi connectivity index (χ4n) is 2.64. The predicted molar refractivity (Wildman–Crippen MR) is 108 cm³/mol. The topological polar surface area (TPSA) is 99.1 Å². The van der Waals surface area contributed by atoms with Crippen LogP contribution in [-0.2, 0) is 10.0 Å². The number of amides is 1. The molecule has 0 bridgehead atoms. The second kappa shape index (κ2) is 9.49. The van der Waals surface area contributed by atoms with E-state index >= 15 is 0 Å². The van der Waals surface area contributed by atoms with Gasteiger partial charge in [-0.05, 0) is 48.2 Å². The van der Waals surface area contributed by atoms with E-state index in [-0.39, 0.29) is 29.8 Å². The van der Waals surface area contributed by atoms with Gasteiger partial charge in [0.15, 0.2) is 0 Å². The van der Waals surface area contributed by atoms with Gasteiger partial charge >= 0.3 is 0 Å². The van der Waals surface area contributed by atoms with Crippen molar-refractivity contribution in [2.45, 2.75) is 44.0 Å². The lowest BCUT2D eigenvalue weighted by atomic mass is 9.99. The number of benzene rings is 2. The fourth-order valence-corrected chi connectivity index (χ4v) is 3.67. The molecular weight excluding hydrogens is 374 g/mol. The largest absolute Gasteiger partial charge is 0.346 e. The maximum atomic E-state index is 12.5. The molecule has 0 aliphatic rings. The van der Waals surface area contributed by atoms with Crippen LogP contribution in [-0.4, -0.2) is 20.9 Å². The van der Waals surface area contributed by atoms with Crippen LogP contribution >= 0.6 is 0 Å². The first-order valence-corrected chi connectivity index (χ1v) is 10.6. The second-order valence-electron chi connectivity index (χ2n) is 6.85. The highest BCUT2D eigenvalue weighted by atomic mass is 32.2.